The molecule has 3 N–H and O–H groups in total. The average molecular weight is 230 g/mol. The van der Waals surface area contributed by atoms with Crippen LogP contribution in [-0.2, 0) is 6.54 Å². The highest BCUT2D eigenvalue weighted by Crippen LogP contribution is 2.23. The summed E-state index contributed by atoms with van der Waals surface area (Å²) in [5, 5.41) is 3.43. The van der Waals surface area contributed by atoms with Crippen LogP contribution in [-0.4, -0.2) is 22.5 Å². The molecule has 3 heterocycles. The number of pyridine rings is 1. The van der Waals surface area contributed by atoms with Crippen LogP contribution in [0.3, 0.4) is 0 Å². The van der Waals surface area contributed by atoms with E-state index in [-0.39, 0.29) is 0 Å². The first-order valence-electron chi connectivity index (χ1n) is 6.26. The maximum atomic E-state index is 5.74. The van der Waals surface area contributed by atoms with Crippen LogP contribution in [0, 0.1) is 0 Å². The molecule has 0 aromatic carbocycles. The molecule has 17 heavy (non-hydrogen) atoms. The van der Waals surface area contributed by atoms with E-state index in [9.17, 15) is 0 Å². The van der Waals surface area contributed by atoms with Crippen molar-refractivity contribution in [3.8, 4) is 0 Å². The van der Waals surface area contributed by atoms with E-state index in [0.29, 0.717) is 12.5 Å². The number of nitrogens with two attached hydrogens (primary N) is 1. The van der Waals surface area contributed by atoms with Gasteiger partial charge in [-0.3, -0.25) is 0 Å². The minimum Gasteiger partial charge on any atom is -0.325 e. The standard InChI is InChI=1S/C13H18N4/c14-7-11-4-1-5-13-16-12(9-17(11)13)10-3-2-6-15-8-10/h1,4-5,9-10,15H,2-3,6-8,14H2. The maximum Gasteiger partial charge on any atom is 0.137 e. The Morgan fingerprint density at radius 1 is 1.47 bits per heavy atom. The fourth-order valence-electron chi connectivity index (χ4n) is 2.55. The van der Waals surface area contributed by atoms with Crippen LogP contribution in [0.2, 0.25) is 0 Å². The molecule has 1 fully saturated rings. The highest BCUT2D eigenvalue weighted by Gasteiger charge is 2.18. The van der Waals surface area contributed by atoms with Gasteiger partial charge in [-0.2, -0.15) is 0 Å². The lowest BCUT2D eigenvalue weighted by Gasteiger charge is -2.20. The third kappa shape index (κ3) is 1.94. The van der Waals surface area contributed by atoms with E-state index in [1.54, 1.807) is 0 Å². The molecule has 0 saturated carbocycles. The van der Waals surface area contributed by atoms with E-state index in [4.69, 9.17) is 10.7 Å². The molecule has 2 aromatic heterocycles. The second-order valence-corrected chi connectivity index (χ2v) is 4.66. The molecule has 0 spiro atoms. The fourth-order valence-corrected chi connectivity index (χ4v) is 2.55. The van der Waals surface area contributed by atoms with E-state index in [2.05, 4.69) is 22.0 Å². The first-order chi connectivity index (χ1) is 8.38. The van der Waals surface area contributed by atoms with Gasteiger partial charge in [0.2, 0.25) is 0 Å². The van der Waals surface area contributed by atoms with Crippen LogP contribution < -0.4 is 11.1 Å². The Hall–Kier alpha value is -1.39. The van der Waals surface area contributed by atoms with Gasteiger partial charge >= 0.3 is 0 Å². The molecule has 1 atom stereocenters. The van der Waals surface area contributed by atoms with Gasteiger partial charge in [0.05, 0.1) is 5.69 Å². The third-order valence-corrected chi connectivity index (χ3v) is 3.52. The first-order valence-corrected chi connectivity index (χ1v) is 6.26. The van der Waals surface area contributed by atoms with Crippen molar-refractivity contribution in [3.63, 3.8) is 0 Å². The van der Waals surface area contributed by atoms with E-state index in [0.717, 1.165) is 24.4 Å². The Labute approximate surface area is 101 Å². The van der Waals surface area contributed by atoms with Crippen molar-refractivity contribution in [3.05, 3.63) is 35.8 Å². The lowest BCUT2D eigenvalue weighted by molar-refractivity contribution is 0.456. The highest BCUT2D eigenvalue weighted by atomic mass is 15.0. The molecule has 1 aliphatic heterocycles. The molecule has 0 radical (unpaired) electrons. The molecule has 0 bridgehead atoms. The Balaban J connectivity index is 2.00. The predicted molar refractivity (Wildman–Crippen MR) is 67.9 cm³/mol. The molecule has 4 heteroatoms. The normalized spacial score (nSPS) is 20.9. The zero-order chi connectivity index (χ0) is 11.7. The van der Waals surface area contributed by atoms with Gasteiger partial charge in [-0.05, 0) is 31.5 Å². The second-order valence-electron chi connectivity index (χ2n) is 4.66. The fraction of sp³-hybridized carbons (Fsp3) is 0.462. The lowest BCUT2D eigenvalue weighted by Crippen LogP contribution is -2.28. The van der Waals surface area contributed by atoms with Gasteiger partial charge in [-0.15, -0.1) is 0 Å². The minimum atomic E-state index is 0.550. The van der Waals surface area contributed by atoms with Gasteiger partial charge in [-0.25, -0.2) is 4.98 Å². The monoisotopic (exact) mass is 230 g/mol. The van der Waals surface area contributed by atoms with Gasteiger partial charge < -0.3 is 15.5 Å². The zero-order valence-electron chi connectivity index (χ0n) is 9.89. The average Bonchev–Trinajstić information content (AvgIpc) is 2.83. The Morgan fingerprint density at radius 3 is 3.18 bits per heavy atom. The summed E-state index contributed by atoms with van der Waals surface area (Å²) >= 11 is 0. The Kier molecular flexibility index (Phi) is 2.82. The van der Waals surface area contributed by atoms with Crippen molar-refractivity contribution < 1.29 is 0 Å². The van der Waals surface area contributed by atoms with Crippen molar-refractivity contribution in [1.82, 2.24) is 14.7 Å². The van der Waals surface area contributed by atoms with Gasteiger partial charge in [-0.1, -0.05) is 6.07 Å². The van der Waals surface area contributed by atoms with E-state index in [1.165, 1.54) is 18.5 Å². The molecule has 2 aromatic rings. The summed E-state index contributed by atoms with van der Waals surface area (Å²) in [6, 6.07) is 6.12. The molecule has 1 aliphatic rings. The predicted octanol–water partition coefficient (Wildman–Crippen LogP) is 1.26. The molecule has 0 aliphatic carbocycles. The number of imidazole rings is 1. The number of fused-ring (bicyclic) bond motifs is 1. The van der Waals surface area contributed by atoms with Crippen LogP contribution in [0.25, 0.3) is 5.65 Å². The molecule has 1 saturated heterocycles. The molecule has 90 valence electrons. The van der Waals surface area contributed by atoms with Crippen LogP contribution >= 0.6 is 0 Å². The SMILES string of the molecule is NCc1cccc2nc(C3CCCNC3)cn12. The highest BCUT2D eigenvalue weighted by molar-refractivity contribution is 5.42. The number of piperidine rings is 1. The number of rotatable bonds is 2. The second kappa shape index (κ2) is 4.47. The van der Waals surface area contributed by atoms with Crippen molar-refractivity contribution in [1.29, 1.82) is 0 Å². The van der Waals surface area contributed by atoms with E-state index >= 15 is 0 Å². The van der Waals surface area contributed by atoms with Crippen molar-refractivity contribution in [2.24, 2.45) is 5.73 Å². The van der Waals surface area contributed by atoms with Crippen LogP contribution in [0.1, 0.15) is 30.1 Å². The van der Waals surface area contributed by atoms with Gasteiger partial charge in [0.15, 0.2) is 0 Å². The van der Waals surface area contributed by atoms with Gasteiger partial charge in [0, 0.05) is 30.9 Å². The summed E-state index contributed by atoms with van der Waals surface area (Å²) in [7, 11) is 0. The summed E-state index contributed by atoms with van der Waals surface area (Å²) in [5.41, 5.74) is 9.06. The van der Waals surface area contributed by atoms with Gasteiger partial charge in [0.1, 0.15) is 5.65 Å². The minimum absolute atomic E-state index is 0.550. The van der Waals surface area contributed by atoms with Crippen LogP contribution in [0.5, 0.6) is 0 Å². The number of hydrogen-bond acceptors (Lipinski definition) is 3. The molecule has 0 amide bonds. The molecule has 3 rings (SSSR count). The van der Waals surface area contributed by atoms with Crippen LogP contribution in [0.15, 0.2) is 24.4 Å². The maximum absolute atomic E-state index is 5.74. The smallest absolute Gasteiger partial charge is 0.137 e. The number of aromatic nitrogens is 2. The van der Waals surface area contributed by atoms with E-state index < -0.39 is 0 Å². The summed E-state index contributed by atoms with van der Waals surface area (Å²) in [5.74, 6) is 0.550. The van der Waals surface area contributed by atoms with Crippen LogP contribution in [0.4, 0.5) is 0 Å². The largest absolute Gasteiger partial charge is 0.325 e. The van der Waals surface area contributed by atoms with Crippen molar-refractivity contribution in [2.75, 3.05) is 13.1 Å². The summed E-state index contributed by atoms with van der Waals surface area (Å²) in [6.07, 6.45) is 4.62. The number of hydrogen-bond donors (Lipinski definition) is 2. The Bertz CT molecular complexity index is 511. The summed E-state index contributed by atoms with van der Waals surface area (Å²) < 4.78 is 2.12. The lowest BCUT2D eigenvalue weighted by atomic mass is 9.97. The molecular weight excluding hydrogens is 212 g/mol. The molecular formula is C13H18N4. The zero-order valence-corrected chi connectivity index (χ0v) is 9.89. The number of nitrogens with one attached hydrogen (secondary N) is 1. The summed E-state index contributed by atoms with van der Waals surface area (Å²) in [4.78, 5) is 4.71. The summed E-state index contributed by atoms with van der Waals surface area (Å²) in [6.45, 7) is 2.73. The molecule has 4 nitrogen and oxygen atoms in total. The first kappa shape index (κ1) is 10.7. The topological polar surface area (TPSA) is 55.3 Å². The van der Waals surface area contributed by atoms with Gasteiger partial charge in [0.25, 0.3) is 0 Å². The quantitative estimate of drug-likeness (QED) is 0.816. The third-order valence-electron chi connectivity index (χ3n) is 3.52. The van der Waals surface area contributed by atoms with Crippen molar-refractivity contribution >= 4 is 5.65 Å². The van der Waals surface area contributed by atoms with Crippen molar-refractivity contribution in [2.45, 2.75) is 25.3 Å². The number of nitrogens with zero attached hydrogens (tertiary/aromatic N) is 2. The Morgan fingerprint density at radius 2 is 2.41 bits per heavy atom. The van der Waals surface area contributed by atoms with E-state index in [1.807, 2.05) is 12.1 Å². The molecule has 1 unspecified atom stereocenters.